The summed E-state index contributed by atoms with van der Waals surface area (Å²) in [4.78, 5) is 29.7. The third kappa shape index (κ3) is 4.74. The van der Waals surface area contributed by atoms with E-state index in [4.69, 9.17) is 5.10 Å². The second-order valence-electron chi connectivity index (χ2n) is 11.5. The number of anilines is 1. The molecule has 3 amide bonds. The highest BCUT2D eigenvalue weighted by Crippen LogP contribution is 2.43. The lowest BCUT2D eigenvalue weighted by Crippen LogP contribution is -2.39. The standard InChI is InChI=1S/C32H32FN5O3/c1-19-25-5-3-2-4-20(25)10-13-37(19)31(40)29-16-27(21-6-7-21)30-14-22(17-38(30)35-29)26-9-8-23(15-28(26)33)34-32(41)36-12-11-24(39)18-36/h2-5,8-9,14-17,19,21,24,39H,6-7,10-13,18H2,1H3,(H,34,41)/t19-,24-/m1/s1. The Morgan fingerprint density at radius 2 is 1.85 bits per heavy atom. The molecule has 1 saturated carbocycles. The van der Waals surface area contributed by atoms with Crippen LogP contribution in [0.3, 0.4) is 0 Å². The highest BCUT2D eigenvalue weighted by atomic mass is 19.1. The number of likely N-dealkylation sites (tertiary alicyclic amines) is 1. The number of aromatic nitrogens is 2. The van der Waals surface area contributed by atoms with E-state index in [0.717, 1.165) is 30.3 Å². The van der Waals surface area contributed by atoms with Gasteiger partial charge in [-0.15, -0.1) is 0 Å². The van der Waals surface area contributed by atoms with Gasteiger partial charge in [0, 0.05) is 42.6 Å². The van der Waals surface area contributed by atoms with Gasteiger partial charge in [-0.05, 0) is 85.5 Å². The molecule has 4 aromatic rings. The zero-order valence-electron chi connectivity index (χ0n) is 22.9. The smallest absolute Gasteiger partial charge is 0.321 e. The van der Waals surface area contributed by atoms with Gasteiger partial charge in [0.15, 0.2) is 0 Å². The van der Waals surface area contributed by atoms with E-state index in [1.165, 1.54) is 22.1 Å². The molecule has 2 aromatic carbocycles. The first-order valence-electron chi connectivity index (χ1n) is 14.3. The number of amides is 3. The summed E-state index contributed by atoms with van der Waals surface area (Å²) in [6.07, 6.45) is 4.71. The number of halogens is 1. The van der Waals surface area contributed by atoms with Crippen molar-refractivity contribution in [2.45, 2.75) is 50.7 Å². The molecule has 0 spiro atoms. The van der Waals surface area contributed by atoms with Crippen LogP contribution < -0.4 is 5.32 Å². The lowest BCUT2D eigenvalue weighted by molar-refractivity contribution is 0.0670. The zero-order chi connectivity index (χ0) is 28.2. The first kappa shape index (κ1) is 25.7. The molecule has 2 N–H and O–H groups in total. The first-order chi connectivity index (χ1) is 19.9. The van der Waals surface area contributed by atoms with Crippen molar-refractivity contribution in [3.63, 3.8) is 0 Å². The normalized spacial score (nSPS) is 20.4. The number of benzene rings is 2. The molecule has 1 saturated heterocycles. The Hall–Kier alpha value is -4.24. The van der Waals surface area contributed by atoms with Gasteiger partial charge in [-0.2, -0.15) is 5.10 Å². The second kappa shape index (κ2) is 9.99. The van der Waals surface area contributed by atoms with Crippen molar-refractivity contribution in [2.24, 2.45) is 0 Å². The number of rotatable bonds is 4. The van der Waals surface area contributed by atoms with Crippen LogP contribution in [0.2, 0.25) is 0 Å². The molecule has 0 bridgehead atoms. The van der Waals surface area contributed by atoms with Crippen molar-refractivity contribution in [3.05, 3.63) is 89.0 Å². The summed E-state index contributed by atoms with van der Waals surface area (Å²) in [6, 6.07) is 16.3. The summed E-state index contributed by atoms with van der Waals surface area (Å²) in [5, 5.41) is 17.1. The third-order valence-electron chi connectivity index (χ3n) is 8.68. The van der Waals surface area contributed by atoms with Crippen LogP contribution in [0, 0.1) is 5.82 Å². The highest BCUT2D eigenvalue weighted by molar-refractivity contribution is 5.94. The van der Waals surface area contributed by atoms with Crippen LogP contribution in [-0.4, -0.2) is 62.2 Å². The number of aliphatic hydroxyl groups is 1. The van der Waals surface area contributed by atoms with Crippen LogP contribution in [0.1, 0.15) is 65.3 Å². The third-order valence-corrected chi connectivity index (χ3v) is 8.68. The predicted molar refractivity (Wildman–Crippen MR) is 153 cm³/mol. The van der Waals surface area contributed by atoms with E-state index in [1.54, 1.807) is 22.8 Å². The number of hydrogen-bond acceptors (Lipinski definition) is 4. The second-order valence-corrected chi connectivity index (χ2v) is 11.5. The minimum Gasteiger partial charge on any atom is -0.391 e. The van der Waals surface area contributed by atoms with Crippen molar-refractivity contribution in [2.75, 3.05) is 25.0 Å². The fourth-order valence-corrected chi connectivity index (χ4v) is 6.24. The molecule has 3 aliphatic rings. The van der Waals surface area contributed by atoms with Gasteiger partial charge < -0.3 is 20.2 Å². The number of carbonyl (C=O) groups excluding carboxylic acids is 2. The lowest BCUT2D eigenvalue weighted by atomic mass is 9.93. The number of urea groups is 1. The molecule has 41 heavy (non-hydrogen) atoms. The van der Waals surface area contributed by atoms with E-state index in [-0.39, 0.29) is 24.5 Å². The fraction of sp³-hybridized carbons (Fsp3) is 0.344. The molecule has 0 radical (unpaired) electrons. The van der Waals surface area contributed by atoms with Gasteiger partial charge in [0.1, 0.15) is 11.5 Å². The topological polar surface area (TPSA) is 90.2 Å². The molecular weight excluding hydrogens is 521 g/mol. The Kier molecular flexibility index (Phi) is 6.27. The average molecular weight is 554 g/mol. The van der Waals surface area contributed by atoms with E-state index in [2.05, 4.69) is 24.4 Å². The molecule has 1 aliphatic carbocycles. The van der Waals surface area contributed by atoms with E-state index < -0.39 is 11.9 Å². The quantitative estimate of drug-likeness (QED) is 0.355. The number of β-amino-alcohol motifs (C(OH)–C–C–N with tert-alkyl or cyclic N) is 1. The summed E-state index contributed by atoms with van der Waals surface area (Å²) < 4.78 is 17.1. The minimum absolute atomic E-state index is 0.0433. The van der Waals surface area contributed by atoms with Crippen LogP contribution in [0.4, 0.5) is 14.9 Å². The van der Waals surface area contributed by atoms with Crippen LogP contribution >= 0.6 is 0 Å². The summed E-state index contributed by atoms with van der Waals surface area (Å²) in [5.41, 5.74) is 6.19. The summed E-state index contributed by atoms with van der Waals surface area (Å²) in [6.45, 7) is 3.44. The molecule has 2 aromatic heterocycles. The number of nitrogens with one attached hydrogen (secondary N) is 1. The van der Waals surface area contributed by atoms with E-state index in [0.29, 0.717) is 47.9 Å². The molecule has 7 rings (SSSR count). The van der Waals surface area contributed by atoms with Crippen LogP contribution in [0.15, 0.2) is 60.8 Å². The van der Waals surface area contributed by atoms with Gasteiger partial charge in [-0.25, -0.2) is 13.7 Å². The Morgan fingerprint density at radius 3 is 2.61 bits per heavy atom. The van der Waals surface area contributed by atoms with Gasteiger partial charge in [0.05, 0.1) is 17.7 Å². The average Bonchev–Trinajstić information content (AvgIpc) is 3.58. The molecule has 210 valence electrons. The number of fused-ring (bicyclic) bond motifs is 2. The molecule has 2 fully saturated rings. The van der Waals surface area contributed by atoms with Gasteiger partial charge in [0.2, 0.25) is 0 Å². The van der Waals surface area contributed by atoms with Crippen LogP contribution in [0.5, 0.6) is 0 Å². The van der Waals surface area contributed by atoms with Crippen molar-refractivity contribution >= 4 is 23.1 Å². The van der Waals surface area contributed by atoms with Crippen molar-refractivity contribution in [1.29, 1.82) is 0 Å². The molecule has 9 heteroatoms. The van der Waals surface area contributed by atoms with Gasteiger partial charge in [-0.1, -0.05) is 24.3 Å². The van der Waals surface area contributed by atoms with Crippen molar-refractivity contribution in [3.8, 4) is 11.1 Å². The van der Waals surface area contributed by atoms with E-state index >= 15 is 4.39 Å². The molecule has 0 unspecified atom stereocenters. The zero-order valence-corrected chi connectivity index (χ0v) is 22.9. The molecule has 4 heterocycles. The van der Waals surface area contributed by atoms with E-state index in [1.807, 2.05) is 29.2 Å². The summed E-state index contributed by atoms with van der Waals surface area (Å²) in [5.74, 6) is -0.200. The maximum atomic E-state index is 15.3. The SMILES string of the molecule is C[C@@H]1c2ccccc2CCN1C(=O)c1cc(C2CC2)c2cc(-c3ccc(NC(=O)N4CC[C@@H](O)C4)cc3F)cn2n1. The Labute approximate surface area is 237 Å². The number of carbonyl (C=O) groups is 2. The molecular formula is C32H32FN5O3. The summed E-state index contributed by atoms with van der Waals surface area (Å²) in [7, 11) is 0. The predicted octanol–water partition coefficient (Wildman–Crippen LogP) is 5.38. The molecule has 2 aliphatic heterocycles. The number of aliphatic hydroxyl groups excluding tert-OH is 1. The monoisotopic (exact) mass is 553 g/mol. The van der Waals surface area contributed by atoms with Crippen LogP contribution in [-0.2, 0) is 6.42 Å². The molecule has 8 nitrogen and oxygen atoms in total. The Bertz CT molecular complexity index is 1680. The fourth-order valence-electron chi connectivity index (χ4n) is 6.24. The van der Waals surface area contributed by atoms with Crippen molar-refractivity contribution in [1.82, 2.24) is 19.4 Å². The highest BCUT2D eigenvalue weighted by Gasteiger charge is 2.32. The lowest BCUT2D eigenvalue weighted by Gasteiger charge is -2.35. The summed E-state index contributed by atoms with van der Waals surface area (Å²) >= 11 is 0. The van der Waals surface area contributed by atoms with Gasteiger partial charge in [-0.3, -0.25) is 4.79 Å². The minimum atomic E-state index is -0.520. The first-order valence-corrected chi connectivity index (χ1v) is 14.3. The maximum absolute atomic E-state index is 15.3. The number of nitrogens with zero attached hydrogens (tertiary/aromatic N) is 4. The van der Waals surface area contributed by atoms with E-state index in [9.17, 15) is 14.7 Å². The van der Waals surface area contributed by atoms with Crippen molar-refractivity contribution < 1.29 is 19.1 Å². The Balaban J connectivity index is 1.17. The van der Waals surface area contributed by atoms with Gasteiger partial charge in [0.25, 0.3) is 5.91 Å². The largest absolute Gasteiger partial charge is 0.391 e. The molecule has 2 atom stereocenters. The number of hydrogen-bond donors (Lipinski definition) is 2. The maximum Gasteiger partial charge on any atom is 0.321 e. The Morgan fingerprint density at radius 1 is 1.02 bits per heavy atom. The van der Waals surface area contributed by atoms with Gasteiger partial charge >= 0.3 is 6.03 Å². The van der Waals surface area contributed by atoms with Crippen LogP contribution in [0.25, 0.3) is 16.6 Å².